The Balaban J connectivity index is 1.80. The zero-order chi connectivity index (χ0) is 18.6. The van der Waals surface area contributed by atoms with Gasteiger partial charge in [-0.05, 0) is 37.2 Å². The molecule has 26 heavy (non-hydrogen) atoms. The Morgan fingerprint density at radius 2 is 1.65 bits per heavy atom. The second kappa shape index (κ2) is 12.2. The summed E-state index contributed by atoms with van der Waals surface area (Å²) in [4.78, 5) is 0. The Labute approximate surface area is 167 Å². The molecule has 0 fully saturated rings. The maximum atomic E-state index is 6.21. The molecule has 0 heterocycles. The monoisotopic (exact) mass is 393 g/mol. The van der Waals surface area contributed by atoms with Crippen molar-refractivity contribution in [1.29, 1.82) is 0 Å². The Morgan fingerprint density at radius 1 is 0.885 bits per heavy atom. The summed E-state index contributed by atoms with van der Waals surface area (Å²) >= 11 is 12.4. The third kappa shape index (κ3) is 7.57. The van der Waals surface area contributed by atoms with Gasteiger partial charge in [-0.15, -0.1) is 0 Å². The molecule has 0 aliphatic heterocycles. The molecule has 2 aromatic rings. The molecule has 2 aromatic carbocycles. The lowest BCUT2D eigenvalue weighted by Gasteiger charge is -2.13. The van der Waals surface area contributed by atoms with Crippen LogP contribution in [0.1, 0.15) is 56.6 Å². The normalized spacial score (nSPS) is 10.9. The topological polar surface area (TPSA) is 21.3 Å². The van der Waals surface area contributed by atoms with Gasteiger partial charge in [0, 0.05) is 27.7 Å². The molecule has 0 saturated carbocycles. The highest BCUT2D eigenvalue weighted by molar-refractivity contribution is 6.31. The summed E-state index contributed by atoms with van der Waals surface area (Å²) in [5, 5.41) is 4.96. The van der Waals surface area contributed by atoms with Gasteiger partial charge in [-0.25, -0.2) is 0 Å². The third-order valence-electron chi connectivity index (χ3n) is 4.39. The Hall–Kier alpha value is -1.22. The summed E-state index contributed by atoms with van der Waals surface area (Å²) in [6.45, 7) is 4.47. The van der Waals surface area contributed by atoms with Crippen LogP contribution in [-0.4, -0.2) is 6.54 Å². The Morgan fingerprint density at radius 3 is 2.46 bits per heavy atom. The van der Waals surface area contributed by atoms with E-state index >= 15 is 0 Å². The second-order valence-corrected chi connectivity index (χ2v) is 7.42. The number of nitrogens with one attached hydrogen (secondary N) is 1. The van der Waals surface area contributed by atoms with E-state index in [0.717, 1.165) is 40.0 Å². The van der Waals surface area contributed by atoms with Crippen LogP contribution in [0.4, 0.5) is 0 Å². The van der Waals surface area contributed by atoms with Crippen LogP contribution >= 0.6 is 23.2 Å². The molecule has 0 amide bonds. The minimum absolute atomic E-state index is 0.450. The predicted molar refractivity (Wildman–Crippen MR) is 112 cm³/mol. The fraction of sp³-hybridized carbons (Fsp3) is 0.455. The highest BCUT2D eigenvalue weighted by Crippen LogP contribution is 2.25. The molecular weight excluding hydrogens is 365 g/mol. The van der Waals surface area contributed by atoms with E-state index in [-0.39, 0.29) is 0 Å². The lowest BCUT2D eigenvalue weighted by atomic mass is 10.1. The highest BCUT2D eigenvalue weighted by atomic mass is 35.5. The van der Waals surface area contributed by atoms with E-state index in [1.807, 2.05) is 42.5 Å². The van der Waals surface area contributed by atoms with Crippen molar-refractivity contribution < 1.29 is 4.74 Å². The van der Waals surface area contributed by atoms with Crippen LogP contribution in [0.15, 0.2) is 42.5 Å². The van der Waals surface area contributed by atoms with Crippen molar-refractivity contribution in [2.24, 2.45) is 0 Å². The van der Waals surface area contributed by atoms with Crippen LogP contribution in [0.3, 0.4) is 0 Å². The van der Waals surface area contributed by atoms with Gasteiger partial charge in [0.25, 0.3) is 0 Å². The number of rotatable bonds is 12. The summed E-state index contributed by atoms with van der Waals surface area (Å²) in [6.07, 6.45) is 7.83. The standard InChI is InChI=1S/C22H29Cl2NO/c1-2-3-4-5-6-9-14-25-16-19-15-20(23)12-13-22(19)26-17-18-10-7-8-11-21(18)24/h7-8,10-13,15,25H,2-6,9,14,16-17H2,1H3. The molecule has 4 heteroatoms. The maximum absolute atomic E-state index is 6.21. The van der Waals surface area contributed by atoms with Gasteiger partial charge < -0.3 is 10.1 Å². The van der Waals surface area contributed by atoms with Crippen molar-refractivity contribution in [3.05, 3.63) is 63.6 Å². The number of unbranched alkanes of at least 4 members (excludes halogenated alkanes) is 5. The minimum Gasteiger partial charge on any atom is -0.489 e. The largest absolute Gasteiger partial charge is 0.489 e. The van der Waals surface area contributed by atoms with Crippen LogP contribution in [0.25, 0.3) is 0 Å². The molecule has 0 aliphatic rings. The number of hydrogen-bond donors (Lipinski definition) is 1. The first-order valence-electron chi connectivity index (χ1n) is 9.56. The van der Waals surface area contributed by atoms with Gasteiger partial charge >= 0.3 is 0 Å². The third-order valence-corrected chi connectivity index (χ3v) is 4.99. The number of halogens is 2. The first kappa shape index (κ1) is 21.1. The average molecular weight is 394 g/mol. The van der Waals surface area contributed by atoms with E-state index < -0.39 is 0 Å². The molecular formula is C22H29Cl2NO. The van der Waals surface area contributed by atoms with Gasteiger partial charge in [-0.2, -0.15) is 0 Å². The molecule has 0 atom stereocenters. The Kier molecular flexibility index (Phi) is 9.91. The van der Waals surface area contributed by atoms with Crippen LogP contribution in [0, 0.1) is 0 Å². The molecule has 0 aromatic heterocycles. The summed E-state index contributed by atoms with van der Waals surface area (Å²) in [6, 6.07) is 13.5. The molecule has 0 radical (unpaired) electrons. The van der Waals surface area contributed by atoms with Crippen LogP contribution in [-0.2, 0) is 13.2 Å². The van der Waals surface area contributed by atoms with Crippen LogP contribution in [0.5, 0.6) is 5.75 Å². The number of benzene rings is 2. The van der Waals surface area contributed by atoms with E-state index in [2.05, 4.69) is 12.2 Å². The van der Waals surface area contributed by atoms with Crippen LogP contribution < -0.4 is 10.1 Å². The van der Waals surface area contributed by atoms with Gasteiger partial charge in [0.15, 0.2) is 0 Å². The van der Waals surface area contributed by atoms with E-state index in [0.29, 0.717) is 6.61 Å². The van der Waals surface area contributed by atoms with E-state index in [9.17, 15) is 0 Å². The lowest BCUT2D eigenvalue weighted by molar-refractivity contribution is 0.302. The molecule has 2 rings (SSSR count). The smallest absolute Gasteiger partial charge is 0.124 e. The first-order valence-corrected chi connectivity index (χ1v) is 10.3. The van der Waals surface area contributed by atoms with Crippen molar-refractivity contribution in [2.45, 2.75) is 58.6 Å². The fourth-order valence-electron chi connectivity index (χ4n) is 2.85. The molecule has 0 bridgehead atoms. The molecule has 1 N–H and O–H groups in total. The quantitative estimate of drug-likeness (QED) is 0.391. The van der Waals surface area contributed by atoms with Crippen molar-refractivity contribution in [3.63, 3.8) is 0 Å². The second-order valence-electron chi connectivity index (χ2n) is 6.58. The minimum atomic E-state index is 0.450. The summed E-state index contributed by atoms with van der Waals surface area (Å²) in [5.41, 5.74) is 2.06. The van der Waals surface area contributed by atoms with E-state index in [1.165, 1.54) is 38.5 Å². The first-order chi connectivity index (χ1) is 12.7. The maximum Gasteiger partial charge on any atom is 0.124 e. The zero-order valence-corrected chi connectivity index (χ0v) is 17.1. The molecule has 142 valence electrons. The number of ether oxygens (including phenoxy) is 1. The predicted octanol–water partition coefficient (Wildman–Crippen LogP) is 7.02. The van der Waals surface area contributed by atoms with Gasteiger partial charge in [0.2, 0.25) is 0 Å². The van der Waals surface area contributed by atoms with E-state index in [1.54, 1.807) is 0 Å². The molecule has 2 nitrogen and oxygen atoms in total. The lowest BCUT2D eigenvalue weighted by Crippen LogP contribution is -2.15. The van der Waals surface area contributed by atoms with Crippen molar-refractivity contribution >= 4 is 23.2 Å². The highest BCUT2D eigenvalue weighted by Gasteiger charge is 2.07. The molecule has 0 aliphatic carbocycles. The average Bonchev–Trinajstić information content (AvgIpc) is 2.64. The summed E-state index contributed by atoms with van der Waals surface area (Å²) in [7, 11) is 0. The van der Waals surface area contributed by atoms with E-state index in [4.69, 9.17) is 27.9 Å². The van der Waals surface area contributed by atoms with Crippen molar-refractivity contribution in [2.75, 3.05) is 6.54 Å². The summed E-state index contributed by atoms with van der Waals surface area (Å²) in [5.74, 6) is 0.852. The number of hydrogen-bond acceptors (Lipinski definition) is 2. The van der Waals surface area contributed by atoms with Gasteiger partial charge in [0.1, 0.15) is 12.4 Å². The van der Waals surface area contributed by atoms with Gasteiger partial charge in [-0.3, -0.25) is 0 Å². The van der Waals surface area contributed by atoms with Crippen molar-refractivity contribution in [1.82, 2.24) is 5.32 Å². The summed E-state index contributed by atoms with van der Waals surface area (Å²) < 4.78 is 6.00. The zero-order valence-electron chi connectivity index (χ0n) is 15.6. The van der Waals surface area contributed by atoms with Crippen molar-refractivity contribution in [3.8, 4) is 5.75 Å². The van der Waals surface area contributed by atoms with Crippen LogP contribution in [0.2, 0.25) is 10.0 Å². The SMILES string of the molecule is CCCCCCCCNCc1cc(Cl)ccc1OCc1ccccc1Cl. The van der Waals surface area contributed by atoms with Gasteiger partial charge in [0.05, 0.1) is 0 Å². The van der Waals surface area contributed by atoms with Gasteiger partial charge in [-0.1, -0.05) is 80.4 Å². The fourth-order valence-corrected chi connectivity index (χ4v) is 3.24. The Bertz CT molecular complexity index is 660. The molecule has 0 saturated heterocycles. The molecule has 0 unspecified atom stereocenters. The molecule has 0 spiro atoms.